The molecule has 0 radical (unpaired) electrons. The van der Waals surface area contributed by atoms with E-state index in [4.69, 9.17) is 0 Å². The third-order valence-electron chi connectivity index (χ3n) is 4.56. The number of benzene rings is 1. The summed E-state index contributed by atoms with van der Waals surface area (Å²) in [6.07, 6.45) is 6.96. The van der Waals surface area contributed by atoms with Gasteiger partial charge in [0.2, 0.25) is 5.95 Å². The number of hydrogen-bond donors (Lipinski definition) is 1. The number of piperazine rings is 1. The van der Waals surface area contributed by atoms with Crippen LogP contribution in [-0.2, 0) is 0 Å². The Morgan fingerprint density at radius 1 is 0.852 bits per heavy atom. The lowest BCUT2D eigenvalue weighted by Crippen LogP contribution is -2.50. The number of nitrogens with zero attached hydrogens (tertiary/aromatic N) is 5. The first-order valence-electron chi connectivity index (χ1n) is 8.88. The Hall–Kier alpha value is -3.48. The highest BCUT2D eigenvalue weighted by molar-refractivity contribution is 5.94. The second-order valence-corrected chi connectivity index (χ2v) is 6.23. The van der Waals surface area contributed by atoms with E-state index in [1.165, 1.54) is 0 Å². The summed E-state index contributed by atoms with van der Waals surface area (Å²) in [5.74, 6) is 0.709. The Morgan fingerprint density at radius 2 is 1.56 bits per heavy atom. The molecule has 0 spiro atoms. The number of aromatic nitrogens is 3. The lowest BCUT2D eigenvalue weighted by atomic mass is 10.1. The molecule has 2 aromatic heterocycles. The molecule has 7 nitrogen and oxygen atoms in total. The Morgan fingerprint density at radius 3 is 2.30 bits per heavy atom. The molecule has 0 aliphatic carbocycles. The van der Waals surface area contributed by atoms with Gasteiger partial charge in [-0.05, 0) is 29.8 Å². The molecule has 1 saturated heterocycles. The number of carbonyl (C=O) groups is 1. The number of urea groups is 1. The number of amides is 2. The number of anilines is 2. The second kappa shape index (κ2) is 7.82. The van der Waals surface area contributed by atoms with Gasteiger partial charge in [0.1, 0.15) is 0 Å². The smallest absolute Gasteiger partial charge is 0.321 e. The molecule has 0 atom stereocenters. The molecule has 7 heteroatoms. The highest BCUT2D eigenvalue weighted by atomic mass is 16.2. The Bertz CT molecular complexity index is 895. The van der Waals surface area contributed by atoms with Crippen molar-refractivity contribution < 1.29 is 4.79 Å². The van der Waals surface area contributed by atoms with Gasteiger partial charge >= 0.3 is 6.03 Å². The first-order valence-corrected chi connectivity index (χ1v) is 8.88. The van der Waals surface area contributed by atoms with Gasteiger partial charge in [-0.25, -0.2) is 14.8 Å². The van der Waals surface area contributed by atoms with E-state index in [1.807, 2.05) is 41.3 Å². The fraction of sp³-hybridized carbons (Fsp3) is 0.200. The Kier molecular flexibility index (Phi) is 4.91. The van der Waals surface area contributed by atoms with Crippen LogP contribution < -0.4 is 10.2 Å². The predicted molar refractivity (Wildman–Crippen MR) is 105 cm³/mol. The molecule has 0 saturated carbocycles. The van der Waals surface area contributed by atoms with Crippen LogP contribution in [0.25, 0.3) is 11.1 Å². The lowest BCUT2D eigenvalue weighted by Gasteiger charge is -2.34. The maximum absolute atomic E-state index is 12.7. The third kappa shape index (κ3) is 3.87. The maximum Gasteiger partial charge on any atom is 0.321 e. The van der Waals surface area contributed by atoms with Crippen LogP contribution in [0.1, 0.15) is 0 Å². The number of rotatable bonds is 3. The molecule has 1 aliphatic heterocycles. The molecule has 136 valence electrons. The largest absolute Gasteiger partial charge is 0.337 e. The summed E-state index contributed by atoms with van der Waals surface area (Å²) in [6.45, 7) is 2.68. The average molecular weight is 360 g/mol. The quantitative estimate of drug-likeness (QED) is 0.777. The van der Waals surface area contributed by atoms with Crippen LogP contribution >= 0.6 is 0 Å². The van der Waals surface area contributed by atoms with E-state index in [0.29, 0.717) is 32.1 Å². The van der Waals surface area contributed by atoms with Crippen molar-refractivity contribution in [2.75, 3.05) is 36.4 Å². The third-order valence-corrected chi connectivity index (χ3v) is 4.56. The van der Waals surface area contributed by atoms with Gasteiger partial charge < -0.3 is 15.1 Å². The second-order valence-electron chi connectivity index (χ2n) is 6.23. The molecule has 1 N–H and O–H groups in total. The predicted octanol–water partition coefficient (Wildman–Crippen LogP) is 2.89. The van der Waals surface area contributed by atoms with Crippen molar-refractivity contribution in [3.63, 3.8) is 0 Å². The van der Waals surface area contributed by atoms with E-state index < -0.39 is 0 Å². The normalized spacial score (nSPS) is 14.1. The van der Waals surface area contributed by atoms with E-state index >= 15 is 0 Å². The summed E-state index contributed by atoms with van der Waals surface area (Å²) < 4.78 is 0. The molecular formula is C20H20N6O. The zero-order valence-corrected chi connectivity index (χ0v) is 14.8. The molecule has 1 aliphatic rings. The first-order chi connectivity index (χ1) is 13.3. The van der Waals surface area contributed by atoms with Crippen LogP contribution in [0, 0.1) is 0 Å². The van der Waals surface area contributed by atoms with Crippen LogP contribution in [0.5, 0.6) is 0 Å². The maximum atomic E-state index is 12.7. The summed E-state index contributed by atoms with van der Waals surface area (Å²) in [4.78, 5) is 29.3. The van der Waals surface area contributed by atoms with Crippen molar-refractivity contribution in [2.45, 2.75) is 0 Å². The monoisotopic (exact) mass is 360 g/mol. The van der Waals surface area contributed by atoms with Crippen molar-refractivity contribution in [1.29, 1.82) is 0 Å². The molecule has 27 heavy (non-hydrogen) atoms. The zero-order chi connectivity index (χ0) is 18.5. The van der Waals surface area contributed by atoms with Crippen molar-refractivity contribution in [2.24, 2.45) is 0 Å². The number of carbonyl (C=O) groups excluding carboxylic acids is 1. The molecule has 4 rings (SSSR count). The van der Waals surface area contributed by atoms with Crippen molar-refractivity contribution in [3.8, 4) is 11.1 Å². The number of hydrogen-bond acceptors (Lipinski definition) is 5. The van der Waals surface area contributed by atoms with E-state index in [9.17, 15) is 4.79 Å². The summed E-state index contributed by atoms with van der Waals surface area (Å²) in [5, 5.41) is 3.05. The SMILES string of the molecule is O=C(Nc1ccccc1-c1ccncc1)N1CCN(c2ncccn2)CC1. The number of pyridine rings is 1. The van der Waals surface area contributed by atoms with Crippen LogP contribution in [0.2, 0.25) is 0 Å². The van der Waals surface area contributed by atoms with Gasteiger partial charge in [0.15, 0.2) is 0 Å². The van der Waals surface area contributed by atoms with Gasteiger partial charge in [0, 0.05) is 56.5 Å². The van der Waals surface area contributed by atoms with Gasteiger partial charge in [0.05, 0.1) is 5.69 Å². The van der Waals surface area contributed by atoms with Gasteiger partial charge in [-0.15, -0.1) is 0 Å². The molecule has 3 heterocycles. The van der Waals surface area contributed by atoms with Crippen LogP contribution in [-0.4, -0.2) is 52.1 Å². The zero-order valence-electron chi connectivity index (χ0n) is 14.8. The van der Waals surface area contributed by atoms with E-state index in [1.54, 1.807) is 30.9 Å². The molecule has 1 fully saturated rings. The summed E-state index contributed by atoms with van der Waals surface area (Å²) >= 11 is 0. The topological polar surface area (TPSA) is 74.2 Å². The van der Waals surface area contributed by atoms with Gasteiger partial charge in [-0.3, -0.25) is 4.98 Å². The summed E-state index contributed by atoms with van der Waals surface area (Å²) in [7, 11) is 0. The molecular weight excluding hydrogens is 340 g/mol. The van der Waals surface area contributed by atoms with Crippen molar-refractivity contribution in [1.82, 2.24) is 19.9 Å². The summed E-state index contributed by atoms with van der Waals surface area (Å²) in [6, 6.07) is 13.4. The minimum Gasteiger partial charge on any atom is -0.337 e. The summed E-state index contributed by atoms with van der Waals surface area (Å²) in [5.41, 5.74) is 2.79. The molecule has 1 aromatic carbocycles. The van der Waals surface area contributed by atoms with Gasteiger partial charge in [0.25, 0.3) is 0 Å². The van der Waals surface area contributed by atoms with E-state index in [-0.39, 0.29) is 6.03 Å². The van der Waals surface area contributed by atoms with Gasteiger partial charge in [-0.1, -0.05) is 18.2 Å². The highest BCUT2D eigenvalue weighted by Gasteiger charge is 2.23. The first kappa shape index (κ1) is 17.0. The fourth-order valence-corrected chi connectivity index (χ4v) is 3.13. The lowest BCUT2D eigenvalue weighted by molar-refractivity contribution is 0.208. The molecule has 3 aromatic rings. The highest BCUT2D eigenvalue weighted by Crippen LogP contribution is 2.27. The average Bonchev–Trinajstić information content (AvgIpc) is 2.75. The van der Waals surface area contributed by atoms with Crippen molar-refractivity contribution in [3.05, 3.63) is 67.3 Å². The minimum atomic E-state index is -0.0925. The number of nitrogens with one attached hydrogen (secondary N) is 1. The Labute approximate surface area is 157 Å². The van der Waals surface area contributed by atoms with Crippen LogP contribution in [0.3, 0.4) is 0 Å². The standard InChI is InChI=1S/C20H20N6O/c27-20(26-14-12-25(13-15-26)19-22-8-3-9-23-19)24-18-5-2-1-4-17(18)16-6-10-21-11-7-16/h1-11H,12-15H2,(H,24,27). The Balaban J connectivity index is 1.42. The van der Waals surface area contributed by atoms with Crippen LogP contribution in [0.4, 0.5) is 16.4 Å². The number of para-hydroxylation sites is 1. The molecule has 0 unspecified atom stereocenters. The molecule has 2 amide bonds. The van der Waals surface area contributed by atoms with Gasteiger partial charge in [-0.2, -0.15) is 0 Å². The van der Waals surface area contributed by atoms with E-state index in [0.717, 1.165) is 16.8 Å². The van der Waals surface area contributed by atoms with E-state index in [2.05, 4.69) is 25.2 Å². The van der Waals surface area contributed by atoms with Crippen molar-refractivity contribution >= 4 is 17.7 Å². The minimum absolute atomic E-state index is 0.0925. The molecule has 0 bridgehead atoms. The van der Waals surface area contributed by atoms with Crippen LogP contribution in [0.15, 0.2) is 67.3 Å². The fourth-order valence-electron chi connectivity index (χ4n) is 3.13.